The lowest BCUT2D eigenvalue weighted by molar-refractivity contribution is -0.143. The summed E-state index contributed by atoms with van der Waals surface area (Å²) in [7, 11) is 0. The van der Waals surface area contributed by atoms with E-state index in [4.69, 9.17) is 9.15 Å². The van der Waals surface area contributed by atoms with E-state index in [9.17, 15) is 4.79 Å². The van der Waals surface area contributed by atoms with Crippen molar-refractivity contribution >= 4 is 16.9 Å². The van der Waals surface area contributed by atoms with Crippen molar-refractivity contribution < 1.29 is 13.9 Å². The first-order chi connectivity index (χ1) is 9.72. The summed E-state index contributed by atoms with van der Waals surface area (Å²) in [5.41, 5.74) is 2.12. The number of furan rings is 1. The molecule has 108 valence electrons. The van der Waals surface area contributed by atoms with Gasteiger partial charge in [-0.1, -0.05) is 18.2 Å². The highest BCUT2D eigenvalue weighted by Gasteiger charge is 2.09. The third kappa shape index (κ3) is 3.61. The summed E-state index contributed by atoms with van der Waals surface area (Å²) in [6, 6.07) is 8.04. The zero-order valence-corrected chi connectivity index (χ0v) is 12.1. The van der Waals surface area contributed by atoms with E-state index in [1.165, 1.54) is 5.56 Å². The Labute approximate surface area is 119 Å². The first-order valence-electron chi connectivity index (χ1n) is 7.05. The van der Waals surface area contributed by atoms with Gasteiger partial charge >= 0.3 is 5.97 Å². The van der Waals surface area contributed by atoms with Gasteiger partial charge in [-0.05, 0) is 32.9 Å². The second-order valence-electron chi connectivity index (χ2n) is 4.72. The Morgan fingerprint density at radius 3 is 2.95 bits per heavy atom. The van der Waals surface area contributed by atoms with Crippen LogP contribution in [0.25, 0.3) is 11.0 Å². The smallest absolute Gasteiger partial charge is 0.305 e. The number of hydrogen-bond acceptors (Lipinski definition) is 4. The van der Waals surface area contributed by atoms with Gasteiger partial charge in [0.2, 0.25) is 0 Å². The third-order valence-electron chi connectivity index (χ3n) is 3.24. The summed E-state index contributed by atoms with van der Waals surface area (Å²) in [5, 5.41) is 4.51. The molecule has 0 unspecified atom stereocenters. The first kappa shape index (κ1) is 14.6. The first-order valence-corrected chi connectivity index (χ1v) is 7.05. The number of fused-ring (bicyclic) bond motifs is 1. The van der Waals surface area contributed by atoms with Gasteiger partial charge in [-0.2, -0.15) is 0 Å². The topological polar surface area (TPSA) is 51.5 Å². The molecule has 0 bridgehead atoms. The van der Waals surface area contributed by atoms with E-state index in [1.54, 1.807) is 0 Å². The number of esters is 1. The van der Waals surface area contributed by atoms with E-state index < -0.39 is 0 Å². The number of carbonyl (C=O) groups excluding carboxylic acids is 1. The molecule has 1 heterocycles. The van der Waals surface area contributed by atoms with Crippen molar-refractivity contribution in [3.05, 3.63) is 35.6 Å². The van der Waals surface area contributed by atoms with Crippen LogP contribution < -0.4 is 5.32 Å². The van der Waals surface area contributed by atoms with E-state index in [0.29, 0.717) is 13.0 Å². The summed E-state index contributed by atoms with van der Waals surface area (Å²) in [5.74, 6) is 0.823. The summed E-state index contributed by atoms with van der Waals surface area (Å²) in [6.07, 6.45) is 1.25. The molecule has 1 aromatic heterocycles. The monoisotopic (exact) mass is 275 g/mol. The molecule has 0 spiro atoms. The van der Waals surface area contributed by atoms with Crippen LogP contribution >= 0.6 is 0 Å². The summed E-state index contributed by atoms with van der Waals surface area (Å²) in [4.78, 5) is 11.2. The lowest BCUT2D eigenvalue weighted by atomic mass is 10.1. The van der Waals surface area contributed by atoms with Gasteiger partial charge in [0.05, 0.1) is 6.61 Å². The van der Waals surface area contributed by atoms with Crippen molar-refractivity contribution in [1.82, 2.24) is 5.32 Å². The molecule has 1 aromatic carbocycles. The molecule has 0 fully saturated rings. The number of rotatable bonds is 7. The number of ether oxygens (including phenoxy) is 1. The number of hydrogen-bond donors (Lipinski definition) is 1. The molecule has 0 aliphatic heterocycles. The van der Waals surface area contributed by atoms with Crippen LogP contribution in [0.4, 0.5) is 0 Å². The Morgan fingerprint density at radius 2 is 2.15 bits per heavy atom. The van der Waals surface area contributed by atoms with E-state index in [0.717, 1.165) is 36.2 Å². The molecule has 0 atom stereocenters. The quantitative estimate of drug-likeness (QED) is 0.623. The van der Waals surface area contributed by atoms with E-state index in [1.807, 2.05) is 32.0 Å². The normalized spacial score (nSPS) is 10.9. The van der Waals surface area contributed by atoms with Gasteiger partial charge in [-0.25, -0.2) is 0 Å². The van der Waals surface area contributed by atoms with Gasteiger partial charge in [0.25, 0.3) is 0 Å². The molecule has 2 aromatic rings. The predicted octanol–water partition coefficient (Wildman–Crippen LogP) is 3.17. The van der Waals surface area contributed by atoms with Crippen molar-refractivity contribution in [2.24, 2.45) is 0 Å². The van der Waals surface area contributed by atoms with Crippen LogP contribution in [0.2, 0.25) is 0 Å². The molecule has 20 heavy (non-hydrogen) atoms. The summed E-state index contributed by atoms with van der Waals surface area (Å²) < 4.78 is 10.6. The molecule has 4 nitrogen and oxygen atoms in total. The molecule has 2 rings (SSSR count). The van der Waals surface area contributed by atoms with Crippen molar-refractivity contribution in [2.75, 3.05) is 13.2 Å². The Balaban J connectivity index is 1.81. The van der Waals surface area contributed by atoms with Gasteiger partial charge in [0.1, 0.15) is 11.3 Å². The maximum atomic E-state index is 11.2. The predicted molar refractivity (Wildman–Crippen MR) is 78.5 cm³/mol. The second kappa shape index (κ2) is 7.10. The van der Waals surface area contributed by atoms with Crippen LogP contribution in [0.5, 0.6) is 0 Å². The van der Waals surface area contributed by atoms with Crippen LogP contribution in [0.15, 0.2) is 28.7 Å². The van der Waals surface area contributed by atoms with Crippen LogP contribution in [0.1, 0.15) is 31.1 Å². The van der Waals surface area contributed by atoms with Crippen molar-refractivity contribution in [3.63, 3.8) is 0 Å². The van der Waals surface area contributed by atoms with Gasteiger partial charge in [-0.15, -0.1) is 0 Å². The van der Waals surface area contributed by atoms with Crippen LogP contribution in [0, 0.1) is 6.92 Å². The number of aryl methyl sites for hydroxylation is 1. The molecule has 0 saturated carbocycles. The second-order valence-corrected chi connectivity index (χ2v) is 4.72. The lowest BCUT2D eigenvalue weighted by Gasteiger charge is -2.04. The highest BCUT2D eigenvalue weighted by atomic mass is 16.5. The number of benzene rings is 1. The van der Waals surface area contributed by atoms with Crippen molar-refractivity contribution in [1.29, 1.82) is 0 Å². The van der Waals surface area contributed by atoms with Crippen LogP contribution in [-0.2, 0) is 16.1 Å². The Morgan fingerprint density at radius 1 is 1.35 bits per heavy atom. The standard InChI is InChI=1S/C16H21NO3/c1-3-19-16(18)9-6-10-17-11-14-12(2)20-15-8-5-4-7-13(14)15/h4-5,7-8,17H,3,6,9-11H2,1-2H3. The van der Waals surface area contributed by atoms with E-state index in [2.05, 4.69) is 11.4 Å². The minimum atomic E-state index is -0.126. The van der Waals surface area contributed by atoms with Crippen LogP contribution in [-0.4, -0.2) is 19.1 Å². The molecule has 0 amide bonds. The average molecular weight is 275 g/mol. The van der Waals surface area contributed by atoms with E-state index >= 15 is 0 Å². The highest BCUT2D eigenvalue weighted by Crippen LogP contribution is 2.24. The molecule has 0 radical (unpaired) electrons. The van der Waals surface area contributed by atoms with Gasteiger partial charge in [0.15, 0.2) is 0 Å². The maximum Gasteiger partial charge on any atom is 0.305 e. The number of para-hydroxylation sites is 1. The fourth-order valence-electron chi connectivity index (χ4n) is 2.25. The van der Waals surface area contributed by atoms with Crippen molar-refractivity contribution in [2.45, 2.75) is 33.2 Å². The number of carbonyl (C=O) groups is 1. The van der Waals surface area contributed by atoms with Crippen molar-refractivity contribution in [3.8, 4) is 0 Å². The Hall–Kier alpha value is -1.81. The number of nitrogens with one attached hydrogen (secondary N) is 1. The molecule has 0 aliphatic carbocycles. The molecular weight excluding hydrogens is 254 g/mol. The molecule has 4 heteroatoms. The minimum Gasteiger partial charge on any atom is -0.466 e. The fourth-order valence-corrected chi connectivity index (χ4v) is 2.25. The summed E-state index contributed by atoms with van der Waals surface area (Å²) >= 11 is 0. The molecule has 0 saturated heterocycles. The van der Waals surface area contributed by atoms with Crippen LogP contribution in [0.3, 0.4) is 0 Å². The third-order valence-corrected chi connectivity index (χ3v) is 3.24. The highest BCUT2D eigenvalue weighted by molar-refractivity contribution is 5.82. The Kier molecular flexibility index (Phi) is 5.18. The SMILES string of the molecule is CCOC(=O)CCCNCc1c(C)oc2ccccc12. The molecular formula is C16H21NO3. The largest absolute Gasteiger partial charge is 0.466 e. The average Bonchev–Trinajstić information content (AvgIpc) is 2.75. The molecule has 0 aliphatic rings. The lowest BCUT2D eigenvalue weighted by Crippen LogP contribution is -2.16. The maximum absolute atomic E-state index is 11.2. The zero-order chi connectivity index (χ0) is 14.4. The molecule has 1 N–H and O–H groups in total. The summed E-state index contributed by atoms with van der Waals surface area (Å²) in [6.45, 7) is 5.80. The van der Waals surface area contributed by atoms with Gasteiger partial charge in [0, 0.05) is 23.9 Å². The fraction of sp³-hybridized carbons (Fsp3) is 0.438. The Bertz CT molecular complexity index is 574. The zero-order valence-electron chi connectivity index (χ0n) is 12.1. The van der Waals surface area contributed by atoms with E-state index in [-0.39, 0.29) is 5.97 Å². The van der Waals surface area contributed by atoms with Gasteiger partial charge in [-0.3, -0.25) is 4.79 Å². The minimum absolute atomic E-state index is 0.126. The van der Waals surface area contributed by atoms with Gasteiger partial charge < -0.3 is 14.5 Å².